The number of rotatable bonds is 8. The van der Waals surface area contributed by atoms with Crippen LogP contribution in [0.3, 0.4) is 0 Å². The molecule has 1 heterocycles. The normalized spacial score (nSPS) is 11.1. The number of hydrogen-bond donors (Lipinski definition) is 1. The Bertz CT molecular complexity index is 780. The van der Waals surface area contributed by atoms with Crippen molar-refractivity contribution in [3.05, 3.63) is 57.8 Å². The summed E-state index contributed by atoms with van der Waals surface area (Å²) in [7, 11) is 2.60. The average Bonchev–Trinajstić information content (AvgIpc) is 3.22. The maximum Gasteiger partial charge on any atom is 0.337 e. The quantitative estimate of drug-likeness (QED) is 0.593. The van der Waals surface area contributed by atoms with Crippen LogP contribution in [0.15, 0.2) is 41.8 Å². The lowest BCUT2D eigenvalue weighted by atomic mass is 10.1. The molecule has 0 saturated heterocycles. The molecule has 2 rings (SSSR count). The van der Waals surface area contributed by atoms with Crippen LogP contribution in [-0.2, 0) is 32.0 Å². The zero-order valence-electron chi connectivity index (χ0n) is 15.6. The number of methoxy groups -OCH3 is 2. The van der Waals surface area contributed by atoms with Crippen LogP contribution in [0.5, 0.6) is 0 Å². The number of nitrogens with two attached hydrogens (primary N) is 1. The number of halogens is 1. The van der Waals surface area contributed by atoms with Crippen molar-refractivity contribution in [1.82, 2.24) is 4.90 Å². The highest BCUT2D eigenvalue weighted by atomic mass is 79.9. The third-order valence-corrected chi connectivity index (χ3v) is 4.95. The molecule has 0 fully saturated rings. The summed E-state index contributed by atoms with van der Waals surface area (Å²) in [5.74, 6) is -1.31. The number of carbonyl (C=O) groups is 3. The summed E-state index contributed by atoms with van der Waals surface area (Å²) in [6.07, 6.45) is 0.344. The highest BCUT2D eigenvalue weighted by Crippen LogP contribution is 2.18. The van der Waals surface area contributed by atoms with Gasteiger partial charge in [-0.15, -0.1) is 28.3 Å². The van der Waals surface area contributed by atoms with E-state index in [4.69, 9.17) is 10.5 Å². The van der Waals surface area contributed by atoms with Gasteiger partial charge < -0.3 is 20.1 Å². The van der Waals surface area contributed by atoms with E-state index < -0.39 is 18.0 Å². The standard InChI is InChI=1S/C19H22N2O5S.BrH/c1-25-18(23)14-7-5-13(6-8-14)12-21(17(22)11-20)16(19(24)26-2)10-15-4-3-9-27-15;/h3-9,16H,10-12,20H2,1-2H3;1H/t16-;/m1./s1. The van der Waals surface area contributed by atoms with Gasteiger partial charge in [0.1, 0.15) is 6.04 Å². The van der Waals surface area contributed by atoms with E-state index in [0.29, 0.717) is 12.0 Å². The minimum Gasteiger partial charge on any atom is -0.467 e. The summed E-state index contributed by atoms with van der Waals surface area (Å²) in [6.45, 7) is -0.0548. The second-order valence-electron chi connectivity index (χ2n) is 5.74. The summed E-state index contributed by atoms with van der Waals surface area (Å²) < 4.78 is 9.59. The lowest BCUT2D eigenvalue weighted by molar-refractivity contribution is -0.152. The Hall–Kier alpha value is -2.23. The zero-order chi connectivity index (χ0) is 19.8. The minimum absolute atomic E-state index is 0. The molecule has 2 N–H and O–H groups in total. The van der Waals surface area contributed by atoms with Crippen molar-refractivity contribution in [3.8, 4) is 0 Å². The first-order chi connectivity index (χ1) is 13.0. The second kappa shape index (κ2) is 11.6. The second-order valence-corrected chi connectivity index (χ2v) is 6.77. The zero-order valence-corrected chi connectivity index (χ0v) is 18.2. The van der Waals surface area contributed by atoms with Gasteiger partial charge in [0.25, 0.3) is 0 Å². The molecule has 2 aromatic rings. The number of nitrogens with zero attached hydrogens (tertiary/aromatic N) is 1. The van der Waals surface area contributed by atoms with Crippen LogP contribution in [-0.4, -0.2) is 49.6 Å². The predicted molar refractivity (Wildman–Crippen MR) is 112 cm³/mol. The van der Waals surface area contributed by atoms with Crippen LogP contribution >= 0.6 is 28.3 Å². The van der Waals surface area contributed by atoms with Crippen LogP contribution in [0.2, 0.25) is 0 Å². The van der Waals surface area contributed by atoms with E-state index in [1.807, 2.05) is 17.5 Å². The fourth-order valence-electron chi connectivity index (χ4n) is 2.63. The monoisotopic (exact) mass is 470 g/mol. The summed E-state index contributed by atoms with van der Waals surface area (Å²) in [5.41, 5.74) is 6.72. The molecule has 0 radical (unpaired) electrons. The van der Waals surface area contributed by atoms with Gasteiger partial charge in [-0.25, -0.2) is 9.59 Å². The van der Waals surface area contributed by atoms with Crippen molar-refractivity contribution in [2.45, 2.75) is 19.0 Å². The fourth-order valence-corrected chi connectivity index (χ4v) is 3.37. The highest BCUT2D eigenvalue weighted by Gasteiger charge is 2.30. The molecule has 0 spiro atoms. The van der Waals surface area contributed by atoms with Gasteiger partial charge in [0.15, 0.2) is 0 Å². The molecule has 152 valence electrons. The van der Waals surface area contributed by atoms with Crippen molar-refractivity contribution >= 4 is 46.2 Å². The Morgan fingerprint density at radius 3 is 2.29 bits per heavy atom. The van der Waals surface area contributed by atoms with E-state index >= 15 is 0 Å². The topological polar surface area (TPSA) is 98.9 Å². The van der Waals surface area contributed by atoms with Gasteiger partial charge in [-0.05, 0) is 29.1 Å². The van der Waals surface area contributed by atoms with Crippen LogP contribution in [0.1, 0.15) is 20.8 Å². The average molecular weight is 471 g/mol. The Labute approximate surface area is 178 Å². The summed E-state index contributed by atoms with van der Waals surface area (Å²) in [4.78, 5) is 38.7. The van der Waals surface area contributed by atoms with E-state index in [-0.39, 0.29) is 36.0 Å². The molecule has 9 heteroatoms. The molecule has 0 unspecified atom stereocenters. The highest BCUT2D eigenvalue weighted by molar-refractivity contribution is 8.93. The lowest BCUT2D eigenvalue weighted by Crippen LogP contribution is -2.48. The van der Waals surface area contributed by atoms with E-state index in [0.717, 1.165) is 10.4 Å². The third-order valence-electron chi connectivity index (χ3n) is 4.05. The first kappa shape index (κ1) is 23.8. The molecule has 1 amide bonds. The molecule has 28 heavy (non-hydrogen) atoms. The number of ether oxygens (including phenoxy) is 2. The fraction of sp³-hybridized carbons (Fsp3) is 0.316. The van der Waals surface area contributed by atoms with Crippen molar-refractivity contribution in [3.63, 3.8) is 0 Å². The Kier molecular flexibility index (Phi) is 9.84. The van der Waals surface area contributed by atoms with Gasteiger partial charge in [-0.2, -0.15) is 0 Å². The van der Waals surface area contributed by atoms with Gasteiger partial charge in [-0.1, -0.05) is 18.2 Å². The van der Waals surface area contributed by atoms with Crippen molar-refractivity contribution in [2.75, 3.05) is 20.8 Å². The van der Waals surface area contributed by atoms with E-state index in [2.05, 4.69) is 4.74 Å². The van der Waals surface area contributed by atoms with Gasteiger partial charge >= 0.3 is 11.9 Å². The molecule has 0 saturated carbocycles. The van der Waals surface area contributed by atoms with Crippen molar-refractivity contribution < 1.29 is 23.9 Å². The van der Waals surface area contributed by atoms with Gasteiger partial charge in [-0.3, -0.25) is 4.79 Å². The Balaban J connectivity index is 0.00000392. The summed E-state index contributed by atoms with van der Waals surface area (Å²) in [5, 5.41) is 1.91. The predicted octanol–water partition coefficient (Wildman–Crippen LogP) is 2.18. The number of carbonyl (C=O) groups excluding carboxylic acids is 3. The molecular formula is C19H23BrN2O5S. The molecule has 1 atom stereocenters. The number of thiophene rings is 1. The first-order valence-corrected chi connectivity index (χ1v) is 9.15. The maximum atomic E-state index is 12.5. The number of hydrogen-bond acceptors (Lipinski definition) is 7. The van der Waals surface area contributed by atoms with Crippen molar-refractivity contribution in [2.24, 2.45) is 5.73 Å². The van der Waals surface area contributed by atoms with Crippen LogP contribution in [0, 0.1) is 0 Å². The minimum atomic E-state index is -0.787. The van der Waals surface area contributed by atoms with Crippen molar-refractivity contribution in [1.29, 1.82) is 0 Å². The molecular weight excluding hydrogens is 448 g/mol. The van der Waals surface area contributed by atoms with E-state index in [9.17, 15) is 14.4 Å². The molecule has 0 aliphatic rings. The van der Waals surface area contributed by atoms with E-state index in [1.54, 1.807) is 24.3 Å². The molecule has 0 aliphatic carbocycles. The molecule has 1 aromatic heterocycles. The summed E-state index contributed by atoms with van der Waals surface area (Å²) in [6, 6.07) is 9.64. The van der Waals surface area contributed by atoms with E-state index in [1.165, 1.54) is 30.5 Å². The number of esters is 2. The lowest BCUT2D eigenvalue weighted by Gasteiger charge is -2.29. The number of amides is 1. The van der Waals surface area contributed by atoms with Crippen LogP contribution in [0.4, 0.5) is 0 Å². The molecule has 0 aliphatic heterocycles. The van der Waals surface area contributed by atoms with Gasteiger partial charge in [0, 0.05) is 17.8 Å². The Morgan fingerprint density at radius 2 is 1.79 bits per heavy atom. The number of benzene rings is 1. The molecule has 0 bridgehead atoms. The van der Waals surface area contributed by atoms with Gasteiger partial charge in [0.2, 0.25) is 5.91 Å². The van der Waals surface area contributed by atoms with Gasteiger partial charge in [0.05, 0.1) is 26.3 Å². The maximum absolute atomic E-state index is 12.5. The largest absolute Gasteiger partial charge is 0.467 e. The molecule has 7 nitrogen and oxygen atoms in total. The summed E-state index contributed by atoms with van der Waals surface area (Å²) >= 11 is 1.50. The first-order valence-electron chi connectivity index (χ1n) is 8.27. The van der Waals surface area contributed by atoms with Crippen LogP contribution < -0.4 is 5.73 Å². The van der Waals surface area contributed by atoms with Crippen LogP contribution in [0.25, 0.3) is 0 Å². The molecule has 1 aromatic carbocycles. The third kappa shape index (κ3) is 6.15. The Morgan fingerprint density at radius 1 is 1.11 bits per heavy atom. The smallest absolute Gasteiger partial charge is 0.337 e. The SMILES string of the molecule is Br.COC(=O)c1ccc(CN(C(=O)CN)[C@H](Cc2cccs2)C(=O)OC)cc1.